The van der Waals surface area contributed by atoms with Crippen LogP contribution < -0.4 is 4.74 Å². The van der Waals surface area contributed by atoms with E-state index < -0.39 is 0 Å². The minimum Gasteiger partial charge on any atom is -0.456 e. The largest absolute Gasteiger partial charge is 0.456 e. The zero-order chi connectivity index (χ0) is 18.6. The van der Waals surface area contributed by atoms with E-state index in [1.54, 1.807) is 12.4 Å². The monoisotopic (exact) mass is 359 g/mol. The van der Waals surface area contributed by atoms with Crippen molar-refractivity contribution >= 4 is 12.3 Å². The van der Waals surface area contributed by atoms with E-state index in [4.69, 9.17) is 9.47 Å². The van der Waals surface area contributed by atoms with Gasteiger partial charge < -0.3 is 14.4 Å². The molecular formula is C21H17N3O3. The van der Waals surface area contributed by atoms with Gasteiger partial charge in [-0.1, -0.05) is 18.2 Å². The van der Waals surface area contributed by atoms with E-state index in [0.717, 1.165) is 16.8 Å². The Hall–Kier alpha value is -3.59. The number of fused-ring (bicyclic) bond motifs is 5. The van der Waals surface area contributed by atoms with Crippen molar-refractivity contribution in [2.24, 2.45) is 4.99 Å². The number of hydrogen-bond acceptors (Lipinski definition) is 6. The molecule has 27 heavy (non-hydrogen) atoms. The summed E-state index contributed by atoms with van der Waals surface area (Å²) in [6, 6.07) is 15.2. The van der Waals surface area contributed by atoms with Gasteiger partial charge in [0.1, 0.15) is 23.8 Å². The summed E-state index contributed by atoms with van der Waals surface area (Å²) >= 11 is 0. The van der Waals surface area contributed by atoms with Crippen molar-refractivity contribution < 1.29 is 14.3 Å². The third-order valence-electron chi connectivity index (χ3n) is 4.43. The molecule has 6 nitrogen and oxygen atoms in total. The van der Waals surface area contributed by atoms with Crippen molar-refractivity contribution in [3.05, 3.63) is 71.1 Å². The molecule has 2 aliphatic heterocycles. The van der Waals surface area contributed by atoms with Gasteiger partial charge in [0, 0.05) is 13.0 Å². The van der Waals surface area contributed by atoms with Crippen LogP contribution in [0.2, 0.25) is 0 Å². The highest BCUT2D eigenvalue weighted by Gasteiger charge is 2.17. The lowest BCUT2D eigenvalue weighted by Gasteiger charge is -2.17. The molecular weight excluding hydrogens is 342 g/mol. The van der Waals surface area contributed by atoms with Gasteiger partial charge in [-0.25, -0.2) is 0 Å². The summed E-state index contributed by atoms with van der Waals surface area (Å²) in [7, 11) is 0. The standard InChI is InChI=1S/C21H17N3O3/c22-10-17-6-4-16-9-20(17)27-19-3-1-2-15(8-19)5-7-21(25)26-13-18-11-23-14-24(18)12-16/h1-4,6,8-9,13-14H,5,7,11-12H2. The fourth-order valence-corrected chi connectivity index (χ4v) is 3.01. The maximum Gasteiger partial charge on any atom is 0.310 e. The summed E-state index contributed by atoms with van der Waals surface area (Å²) < 4.78 is 11.3. The number of cyclic esters (lactones) is 1. The molecule has 134 valence electrons. The molecule has 0 aromatic heterocycles. The van der Waals surface area contributed by atoms with Gasteiger partial charge in [0.05, 0.1) is 24.1 Å². The van der Waals surface area contributed by atoms with Crippen molar-refractivity contribution in [1.29, 1.82) is 5.26 Å². The summed E-state index contributed by atoms with van der Waals surface area (Å²) in [5, 5.41) is 9.40. The molecule has 2 aromatic rings. The number of nitrogens with zero attached hydrogens (tertiary/aromatic N) is 3. The van der Waals surface area contributed by atoms with Gasteiger partial charge in [-0.15, -0.1) is 0 Å². The summed E-state index contributed by atoms with van der Waals surface area (Å²) in [6.07, 6.45) is 4.02. The van der Waals surface area contributed by atoms with E-state index in [-0.39, 0.29) is 12.4 Å². The molecule has 2 aromatic carbocycles. The first-order valence-electron chi connectivity index (χ1n) is 8.66. The Kier molecular flexibility index (Phi) is 4.58. The molecule has 6 heteroatoms. The van der Waals surface area contributed by atoms with Crippen molar-refractivity contribution in [3.63, 3.8) is 0 Å². The smallest absolute Gasteiger partial charge is 0.310 e. The Morgan fingerprint density at radius 3 is 2.93 bits per heavy atom. The van der Waals surface area contributed by atoms with E-state index >= 15 is 0 Å². The average Bonchev–Trinajstić information content (AvgIpc) is 3.11. The third-order valence-corrected chi connectivity index (χ3v) is 4.43. The van der Waals surface area contributed by atoms with Gasteiger partial charge in [-0.2, -0.15) is 5.26 Å². The molecule has 2 heterocycles. The maximum atomic E-state index is 12.0. The summed E-state index contributed by atoms with van der Waals surface area (Å²) in [5.41, 5.74) is 3.21. The van der Waals surface area contributed by atoms with Crippen LogP contribution in [0.3, 0.4) is 0 Å². The Bertz CT molecular complexity index is 988. The van der Waals surface area contributed by atoms with Crippen molar-refractivity contribution in [3.8, 4) is 17.6 Å². The second-order valence-electron chi connectivity index (χ2n) is 6.37. The molecule has 0 atom stereocenters. The minimum absolute atomic E-state index is 0.269. The number of nitriles is 1. The zero-order valence-electron chi connectivity index (χ0n) is 14.6. The van der Waals surface area contributed by atoms with Crippen LogP contribution in [-0.4, -0.2) is 23.8 Å². The van der Waals surface area contributed by atoms with Crippen LogP contribution in [0, 0.1) is 11.3 Å². The van der Waals surface area contributed by atoms with Gasteiger partial charge in [-0.05, 0) is 41.8 Å². The van der Waals surface area contributed by atoms with E-state index in [9.17, 15) is 10.1 Å². The van der Waals surface area contributed by atoms with E-state index in [2.05, 4.69) is 11.1 Å². The van der Waals surface area contributed by atoms with Crippen LogP contribution in [0.25, 0.3) is 0 Å². The highest BCUT2D eigenvalue weighted by Crippen LogP contribution is 2.28. The number of rotatable bonds is 0. The highest BCUT2D eigenvalue weighted by atomic mass is 16.5. The van der Waals surface area contributed by atoms with Gasteiger partial charge >= 0.3 is 5.97 Å². The molecule has 0 amide bonds. The van der Waals surface area contributed by atoms with Crippen LogP contribution in [0.4, 0.5) is 0 Å². The number of aryl methyl sites for hydroxylation is 1. The Balaban J connectivity index is 1.74. The highest BCUT2D eigenvalue weighted by molar-refractivity contribution is 5.71. The number of esters is 1. The molecule has 0 radical (unpaired) electrons. The fourth-order valence-electron chi connectivity index (χ4n) is 3.01. The quantitative estimate of drug-likeness (QED) is 0.673. The number of hydrogen-bond donors (Lipinski definition) is 0. The second-order valence-corrected chi connectivity index (χ2v) is 6.37. The Labute approximate surface area is 157 Å². The predicted molar refractivity (Wildman–Crippen MR) is 99.1 cm³/mol. The molecule has 0 saturated carbocycles. The molecule has 4 bridgehead atoms. The van der Waals surface area contributed by atoms with E-state index in [0.29, 0.717) is 36.6 Å². The normalized spacial score (nSPS) is 16.2. The maximum absolute atomic E-state index is 12.0. The number of carbonyl (C=O) groups is 1. The summed E-state index contributed by atoms with van der Waals surface area (Å²) in [6.45, 7) is 1.00. The van der Waals surface area contributed by atoms with Gasteiger partial charge in [-0.3, -0.25) is 9.79 Å². The molecule has 0 spiro atoms. The van der Waals surface area contributed by atoms with Gasteiger partial charge in [0.25, 0.3) is 0 Å². The number of carbonyl (C=O) groups excluding carboxylic acids is 1. The lowest BCUT2D eigenvalue weighted by atomic mass is 10.1. The topological polar surface area (TPSA) is 74.9 Å². The third kappa shape index (κ3) is 3.82. The van der Waals surface area contributed by atoms with E-state index in [1.165, 1.54) is 6.26 Å². The first-order chi connectivity index (χ1) is 13.2. The average molecular weight is 359 g/mol. The first kappa shape index (κ1) is 16.9. The predicted octanol–water partition coefficient (Wildman–Crippen LogP) is 3.53. The van der Waals surface area contributed by atoms with Crippen molar-refractivity contribution in [2.75, 3.05) is 6.54 Å². The Morgan fingerprint density at radius 1 is 1.11 bits per heavy atom. The minimum atomic E-state index is -0.289. The Morgan fingerprint density at radius 2 is 2.04 bits per heavy atom. The summed E-state index contributed by atoms with van der Waals surface area (Å²) in [5.74, 6) is 0.852. The van der Waals surface area contributed by atoms with Gasteiger partial charge in [0.2, 0.25) is 0 Å². The first-order valence-corrected chi connectivity index (χ1v) is 8.66. The van der Waals surface area contributed by atoms with Gasteiger partial charge in [0.15, 0.2) is 0 Å². The molecule has 0 saturated heterocycles. The van der Waals surface area contributed by atoms with E-state index in [1.807, 2.05) is 41.3 Å². The molecule has 0 fully saturated rings. The molecule has 0 unspecified atom stereocenters. The van der Waals surface area contributed by atoms with Crippen LogP contribution in [0.15, 0.2) is 59.4 Å². The van der Waals surface area contributed by atoms with Crippen molar-refractivity contribution in [2.45, 2.75) is 19.4 Å². The molecule has 2 aliphatic rings. The van der Waals surface area contributed by atoms with Crippen LogP contribution in [0.5, 0.6) is 11.5 Å². The fraction of sp³-hybridized carbons (Fsp3) is 0.190. The lowest BCUT2D eigenvalue weighted by molar-refractivity contribution is -0.138. The van der Waals surface area contributed by atoms with Crippen LogP contribution >= 0.6 is 0 Å². The number of ether oxygens (including phenoxy) is 2. The number of aliphatic imine (C=N–C) groups is 1. The zero-order valence-corrected chi connectivity index (χ0v) is 14.6. The molecule has 4 rings (SSSR count). The van der Waals surface area contributed by atoms with Crippen LogP contribution in [0.1, 0.15) is 23.1 Å². The molecule has 0 aliphatic carbocycles. The molecule has 0 N–H and O–H groups in total. The summed E-state index contributed by atoms with van der Waals surface area (Å²) in [4.78, 5) is 18.2. The second kappa shape index (κ2) is 7.34. The van der Waals surface area contributed by atoms with Crippen molar-refractivity contribution in [1.82, 2.24) is 4.90 Å². The lowest BCUT2D eigenvalue weighted by Crippen LogP contribution is -2.18. The SMILES string of the molecule is N#Cc1ccc2cc1Oc1cccc(c1)CCC(=O)OC=C1CN=CN1C2. The number of benzene rings is 2. The van der Waals surface area contributed by atoms with Crippen LogP contribution in [-0.2, 0) is 22.5 Å².